The monoisotopic (exact) mass is 906 g/mol. The highest BCUT2D eigenvalue weighted by Crippen LogP contribution is 2.38. The van der Waals surface area contributed by atoms with E-state index in [4.69, 9.17) is 28.1 Å². The fourth-order valence-electron chi connectivity index (χ4n) is 6.06. The van der Waals surface area contributed by atoms with E-state index in [-0.39, 0.29) is 57.2 Å². The van der Waals surface area contributed by atoms with E-state index >= 15 is 0 Å². The first-order chi connectivity index (χ1) is 29.9. The molecule has 15 heteroatoms. The first kappa shape index (κ1) is 53.1. The number of ether oxygens (including phenoxy) is 5. The molecule has 0 aromatic heterocycles. The number of benzene rings is 3. The molecule has 3 atom stereocenters. The Balaban J connectivity index is 2.10. The number of hydrogen-bond donors (Lipinski definition) is 1. The van der Waals surface area contributed by atoms with Gasteiger partial charge in [0.2, 0.25) is 0 Å². The summed E-state index contributed by atoms with van der Waals surface area (Å²) < 4.78 is 35.6. The largest absolute Gasteiger partial charge is 0.459 e. The van der Waals surface area contributed by atoms with E-state index in [0.717, 1.165) is 10.5 Å². The third kappa shape index (κ3) is 18.1. The molecule has 1 N–H and O–H groups in total. The standard InChI is InChI=1S/C49H70N2O12Si/c1-47(2,3)61-45(56)50(40(29-32-52)43(54)59-34-37-23-17-13-18-24-37)30-27-39(42(53)58-33-36-21-15-12-16-22-36)51(46(57)62-48(4,5)6)31-28-41(63-64(10,11)49(7,8)9)44(55)60-35-38-25-19-14-20-26-38/h12-26,39-41,52H,27-35H2,1-11H3/t39-,40-,41-/m0/s1. The molecule has 0 heterocycles. The van der Waals surface area contributed by atoms with Gasteiger partial charge in [0.1, 0.15) is 49.2 Å². The quantitative estimate of drug-likeness (QED) is 0.0613. The maximum atomic E-state index is 14.5. The van der Waals surface area contributed by atoms with Crippen molar-refractivity contribution in [1.82, 2.24) is 9.80 Å². The van der Waals surface area contributed by atoms with Crippen molar-refractivity contribution in [3.8, 4) is 0 Å². The van der Waals surface area contributed by atoms with Gasteiger partial charge in [-0.05, 0) is 82.8 Å². The summed E-state index contributed by atoms with van der Waals surface area (Å²) in [4.78, 5) is 72.9. The Morgan fingerprint density at radius 2 is 0.875 bits per heavy atom. The van der Waals surface area contributed by atoms with Crippen LogP contribution in [0.2, 0.25) is 18.1 Å². The number of hydrogen-bond acceptors (Lipinski definition) is 12. The maximum absolute atomic E-state index is 14.5. The molecule has 2 amide bonds. The third-order valence-corrected chi connectivity index (χ3v) is 14.9. The SMILES string of the molecule is CC(C)(C)OC(=O)N(CC[C@H](O[Si](C)(C)C(C)(C)C)C(=O)OCc1ccccc1)[C@@H](CCN(C(=O)OC(C)(C)C)[C@@H](CCO)C(=O)OCc1ccccc1)C(=O)OCc1ccccc1. The van der Waals surface area contributed by atoms with Crippen molar-refractivity contribution in [1.29, 1.82) is 0 Å². The summed E-state index contributed by atoms with van der Waals surface area (Å²) >= 11 is 0. The second-order valence-corrected chi connectivity index (χ2v) is 23.9. The van der Waals surface area contributed by atoms with Crippen molar-refractivity contribution >= 4 is 38.4 Å². The highest BCUT2D eigenvalue weighted by atomic mass is 28.4. The molecular formula is C49H70N2O12Si. The van der Waals surface area contributed by atoms with Gasteiger partial charge in [-0.1, -0.05) is 112 Å². The Hall–Kier alpha value is -5.25. The Kier molecular flexibility index (Phi) is 20.0. The number of esters is 3. The molecule has 0 aliphatic rings. The van der Waals surface area contributed by atoms with E-state index in [1.165, 1.54) is 4.90 Å². The lowest BCUT2D eigenvalue weighted by atomic mass is 10.1. The van der Waals surface area contributed by atoms with Gasteiger partial charge in [-0.3, -0.25) is 9.80 Å². The molecule has 0 radical (unpaired) electrons. The third-order valence-electron chi connectivity index (χ3n) is 10.4. The van der Waals surface area contributed by atoms with Crippen LogP contribution in [0.3, 0.4) is 0 Å². The molecule has 64 heavy (non-hydrogen) atoms. The van der Waals surface area contributed by atoms with E-state index in [9.17, 15) is 29.1 Å². The molecular weight excluding hydrogens is 837 g/mol. The minimum absolute atomic E-state index is 0.00938. The maximum Gasteiger partial charge on any atom is 0.411 e. The first-order valence-corrected chi connectivity index (χ1v) is 24.7. The van der Waals surface area contributed by atoms with Crippen LogP contribution in [0.4, 0.5) is 9.59 Å². The number of carbonyl (C=O) groups excluding carboxylic acids is 5. The molecule has 3 aromatic rings. The van der Waals surface area contributed by atoms with Gasteiger partial charge < -0.3 is 33.2 Å². The Morgan fingerprint density at radius 1 is 0.531 bits per heavy atom. The molecule has 0 aliphatic heterocycles. The normalized spacial score (nSPS) is 13.4. The van der Waals surface area contributed by atoms with E-state index in [0.29, 0.717) is 11.1 Å². The van der Waals surface area contributed by atoms with Crippen molar-refractivity contribution in [2.45, 2.75) is 149 Å². The van der Waals surface area contributed by atoms with E-state index in [1.807, 2.05) is 76.3 Å². The lowest BCUT2D eigenvalue weighted by Crippen LogP contribution is -2.53. The van der Waals surface area contributed by atoms with Crippen molar-refractivity contribution in [2.24, 2.45) is 0 Å². The summed E-state index contributed by atoms with van der Waals surface area (Å²) in [7, 11) is -2.65. The van der Waals surface area contributed by atoms with Crippen LogP contribution < -0.4 is 0 Å². The topological polar surface area (TPSA) is 167 Å². The average molecular weight is 907 g/mol. The lowest BCUT2D eigenvalue weighted by Gasteiger charge is -2.39. The van der Waals surface area contributed by atoms with Crippen molar-refractivity contribution < 1.29 is 57.2 Å². The van der Waals surface area contributed by atoms with Crippen LogP contribution in [0.5, 0.6) is 0 Å². The van der Waals surface area contributed by atoms with Crippen molar-refractivity contribution in [3.05, 3.63) is 108 Å². The zero-order valence-corrected chi connectivity index (χ0v) is 40.6. The van der Waals surface area contributed by atoms with E-state index < -0.39 is 74.4 Å². The molecule has 0 spiro atoms. The minimum Gasteiger partial charge on any atom is -0.459 e. The second-order valence-electron chi connectivity index (χ2n) is 19.1. The molecule has 0 unspecified atom stereocenters. The van der Waals surface area contributed by atoms with E-state index in [2.05, 4.69) is 0 Å². The fraction of sp³-hybridized carbons (Fsp3) is 0.531. The Morgan fingerprint density at radius 3 is 1.22 bits per heavy atom. The summed E-state index contributed by atoms with van der Waals surface area (Å²) in [5.74, 6) is -2.29. The predicted octanol–water partition coefficient (Wildman–Crippen LogP) is 8.98. The zero-order valence-electron chi connectivity index (χ0n) is 39.6. The van der Waals surface area contributed by atoms with Gasteiger partial charge in [-0.25, -0.2) is 24.0 Å². The summed E-state index contributed by atoms with van der Waals surface area (Å²) in [6.45, 7) is 18.8. The highest BCUT2D eigenvalue weighted by molar-refractivity contribution is 6.74. The molecule has 0 fully saturated rings. The number of rotatable bonds is 21. The number of carbonyl (C=O) groups is 5. The average Bonchev–Trinajstić information content (AvgIpc) is 3.21. The summed E-state index contributed by atoms with van der Waals surface area (Å²) in [5.41, 5.74) is 0.143. The molecule has 0 saturated heterocycles. The molecule has 14 nitrogen and oxygen atoms in total. The molecule has 3 rings (SSSR count). The van der Waals surface area contributed by atoms with Gasteiger partial charge >= 0.3 is 30.1 Å². The Labute approximate surface area is 380 Å². The summed E-state index contributed by atoms with van der Waals surface area (Å²) in [6, 6.07) is 24.4. The molecule has 352 valence electrons. The van der Waals surface area contributed by atoms with E-state index in [1.54, 1.807) is 90.1 Å². The van der Waals surface area contributed by atoms with Crippen LogP contribution in [-0.4, -0.2) is 102 Å². The lowest BCUT2D eigenvalue weighted by molar-refractivity contribution is -0.155. The summed E-state index contributed by atoms with van der Waals surface area (Å²) in [6.07, 6.45) is -3.56. The molecule has 3 aromatic carbocycles. The van der Waals surface area contributed by atoms with Gasteiger partial charge in [0.05, 0.1) is 0 Å². The van der Waals surface area contributed by atoms with Crippen molar-refractivity contribution in [2.75, 3.05) is 19.7 Å². The predicted molar refractivity (Wildman–Crippen MR) is 245 cm³/mol. The number of nitrogens with zero attached hydrogens (tertiary/aromatic N) is 2. The van der Waals surface area contributed by atoms with Crippen LogP contribution in [0.25, 0.3) is 0 Å². The van der Waals surface area contributed by atoms with Crippen LogP contribution in [-0.2, 0) is 62.3 Å². The van der Waals surface area contributed by atoms with Crippen molar-refractivity contribution in [3.63, 3.8) is 0 Å². The van der Waals surface area contributed by atoms with Crippen LogP contribution >= 0.6 is 0 Å². The number of aliphatic hydroxyl groups excluding tert-OH is 1. The van der Waals surface area contributed by atoms with Gasteiger partial charge in [0, 0.05) is 32.5 Å². The van der Waals surface area contributed by atoms with Gasteiger partial charge in [-0.15, -0.1) is 0 Å². The smallest absolute Gasteiger partial charge is 0.411 e. The fourth-order valence-corrected chi connectivity index (χ4v) is 7.34. The first-order valence-electron chi connectivity index (χ1n) is 21.8. The number of aliphatic hydroxyl groups is 1. The van der Waals surface area contributed by atoms with Gasteiger partial charge in [0.25, 0.3) is 0 Å². The molecule has 0 aliphatic carbocycles. The number of amides is 2. The summed E-state index contributed by atoms with van der Waals surface area (Å²) in [5, 5.41) is 9.86. The zero-order chi connectivity index (χ0) is 47.7. The van der Waals surface area contributed by atoms with Crippen LogP contribution in [0, 0.1) is 0 Å². The van der Waals surface area contributed by atoms with Crippen LogP contribution in [0.1, 0.15) is 98.3 Å². The highest BCUT2D eigenvalue weighted by Gasteiger charge is 2.43. The van der Waals surface area contributed by atoms with Gasteiger partial charge in [-0.2, -0.15) is 0 Å². The molecule has 0 saturated carbocycles. The van der Waals surface area contributed by atoms with Gasteiger partial charge in [0.15, 0.2) is 8.32 Å². The van der Waals surface area contributed by atoms with Crippen LogP contribution in [0.15, 0.2) is 91.0 Å². The minimum atomic E-state index is -2.65. The second kappa shape index (κ2) is 24.2. The molecule has 0 bridgehead atoms. The Bertz CT molecular complexity index is 1930.